The van der Waals surface area contributed by atoms with Crippen molar-refractivity contribution in [1.82, 2.24) is 0 Å². The van der Waals surface area contributed by atoms with Crippen LogP contribution >= 0.6 is 0 Å². The lowest BCUT2D eigenvalue weighted by Gasteiger charge is -2.42. The minimum atomic E-state index is 0.987. The van der Waals surface area contributed by atoms with E-state index in [2.05, 4.69) is 6.92 Å². The average molecular weight is 182 g/mol. The Hall–Kier alpha value is -0.0400. The van der Waals surface area contributed by atoms with E-state index in [1.54, 1.807) is 0 Å². The number of nitrogens with zero attached hydrogens (tertiary/aromatic N) is 1. The molecule has 13 heavy (non-hydrogen) atoms. The Morgan fingerprint density at radius 1 is 0.846 bits per heavy atom. The number of hydrogen-bond acceptors (Lipinski definition) is 0. The number of quaternary nitrogens is 1. The van der Waals surface area contributed by atoms with Crippen LogP contribution in [0.15, 0.2) is 0 Å². The van der Waals surface area contributed by atoms with Gasteiger partial charge in [-0.05, 0) is 38.5 Å². The normalized spacial score (nSPS) is 34.4. The quantitative estimate of drug-likeness (QED) is 0.505. The van der Waals surface area contributed by atoms with Crippen molar-refractivity contribution in [2.75, 3.05) is 26.2 Å². The summed E-state index contributed by atoms with van der Waals surface area (Å²) in [5.41, 5.74) is 0. The van der Waals surface area contributed by atoms with Crippen LogP contribution in [0.1, 0.15) is 45.4 Å². The van der Waals surface area contributed by atoms with E-state index in [1.807, 2.05) is 0 Å². The number of piperidine rings is 1. The summed E-state index contributed by atoms with van der Waals surface area (Å²) in [4.78, 5) is 0. The molecule has 76 valence electrons. The zero-order valence-electron chi connectivity index (χ0n) is 9.10. The second-order valence-electron chi connectivity index (χ2n) is 5.36. The molecular formula is C12H24N+. The number of hydrogen-bond donors (Lipinski definition) is 0. The summed E-state index contributed by atoms with van der Waals surface area (Å²) in [6.07, 6.45) is 8.94. The molecule has 1 spiro atoms. The molecule has 2 aliphatic rings. The van der Waals surface area contributed by atoms with Crippen LogP contribution in [0.2, 0.25) is 0 Å². The lowest BCUT2D eigenvalue weighted by atomic mass is 10.0. The fourth-order valence-corrected chi connectivity index (χ4v) is 3.37. The van der Waals surface area contributed by atoms with Crippen LogP contribution in [0.25, 0.3) is 0 Å². The molecule has 2 aliphatic heterocycles. The van der Waals surface area contributed by atoms with Gasteiger partial charge in [0.15, 0.2) is 0 Å². The maximum atomic E-state index is 2.46. The van der Waals surface area contributed by atoms with E-state index in [4.69, 9.17) is 0 Å². The van der Waals surface area contributed by atoms with Gasteiger partial charge in [-0.2, -0.15) is 0 Å². The largest absolute Gasteiger partial charge is 0.323 e. The van der Waals surface area contributed by atoms with E-state index >= 15 is 0 Å². The molecule has 2 heterocycles. The Morgan fingerprint density at radius 3 is 2.15 bits per heavy atom. The summed E-state index contributed by atoms with van der Waals surface area (Å²) in [5, 5.41) is 0. The van der Waals surface area contributed by atoms with Crippen molar-refractivity contribution in [2.45, 2.75) is 45.4 Å². The third kappa shape index (κ3) is 2.25. The fraction of sp³-hybridized carbons (Fsp3) is 1.00. The van der Waals surface area contributed by atoms with Crippen LogP contribution in [-0.4, -0.2) is 30.7 Å². The molecule has 2 fully saturated rings. The van der Waals surface area contributed by atoms with Crippen molar-refractivity contribution >= 4 is 0 Å². The van der Waals surface area contributed by atoms with Crippen LogP contribution < -0.4 is 0 Å². The highest BCUT2D eigenvalue weighted by Gasteiger charge is 2.32. The molecule has 2 rings (SSSR count). The zero-order chi connectivity index (χ0) is 9.15. The van der Waals surface area contributed by atoms with Crippen molar-refractivity contribution in [1.29, 1.82) is 0 Å². The van der Waals surface area contributed by atoms with Gasteiger partial charge < -0.3 is 4.48 Å². The van der Waals surface area contributed by atoms with Crippen molar-refractivity contribution in [3.63, 3.8) is 0 Å². The Bertz CT molecular complexity index is 159. The summed E-state index contributed by atoms with van der Waals surface area (Å²) in [7, 11) is 0. The highest BCUT2D eigenvalue weighted by molar-refractivity contribution is 4.63. The van der Waals surface area contributed by atoms with Gasteiger partial charge in [0.05, 0.1) is 26.2 Å². The second-order valence-corrected chi connectivity index (χ2v) is 5.36. The molecule has 0 amide bonds. The van der Waals surface area contributed by atoms with Crippen molar-refractivity contribution in [3.8, 4) is 0 Å². The molecule has 0 aromatic carbocycles. The van der Waals surface area contributed by atoms with Gasteiger partial charge in [-0.1, -0.05) is 6.92 Å². The Kier molecular flexibility index (Phi) is 2.92. The highest BCUT2D eigenvalue weighted by Crippen LogP contribution is 2.27. The van der Waals surface area contributed by atoms with Crippen LogP contribution in [0, 0.1) is 5.92 Å². The van der Waals surface area contributed by atoms with Gasteiger partial charge in [0, 0.05) is 5.92 Å². The molecule has 0 saturated carbocycles. The second kappa shape index (κ2) is 4.00. The van der Waals surface area contributed by atoms with Crippen LogP contribution in [-0.2, 0) is 0 Å². The Labute approximate surface area is 82.7 Å². The van der Waals surface area contributed by atoms with Crippen LogP contribution in [0.4, 0.5) is 0 Å². The van der Waals surface area contributed by atoms with Crippen molar-refractivity contribution in [2.24, 2.45) is 5.92 Å². The third-order valence-electron chi connectivity index (χ3n) is 4.04. The summed E-state index contributed by atoms with van der Waals surface area (Å²) in [6.45, 7) is 8.42. The van der Waals surface area contributed by atoms with E-state index in [-0.39, 0.29) is 0 Å². The Morgan fingerprint density at radius 2 is 1.46 bits per heavy atom. The first-order valence-corrected chi connectivity index (χ1v) is 6.16. The molecule has 0 radical (unpaired) electrons. The molecule has 0 aliphatic carbocycles. The summed E-state index contributed by atoms with van der Waals surface area (Å²) in [6, 6.07) is 0. The van der Waals surface area contributed by atoms with Gasteiger partial charge in [-0.3, -0.25) is 0 Å². The van der Waals surface area contributed by atoms with Crippen LogP contribution in [0.5, 0.6) is 0 Å². The van der Waals surface area contributed by atoms with Gasteiger partial charge in [0.2, 0.25) is 0 Å². The first-order chi connectivity index (χ1) is 6.31. The van der Waals surface area contributed by atoms with Crippen LogP contribution in [0.3, 0.4) is 0 Å². The van der Waals surface area contributed by atoms with E-state index in [9.17, 15) is 0 Å². The SMILES string of the molecule is CC1CCCC[N+]2(CCCCC2)C1. The smallest absolute Gasteiger partial charge is 0.0812 e. The highest BCUT2D eigenvalue weighted by atomic mass is 15.4. The minimum Gasteiger partial charge on any atom is -0.323 e. The zero-order valence-corrected chi connectivity index (χ0v) is 9.10. The van der Waals surface area contributed by atoms with Gasteiger partial charge >= 0.3 is 0 Å². The molecule has 0 bridgehead atoms. The molecule has 0 N–H and O–H groups in total. The fourth-order valence-electron chi connectivity index (χ4n) is 3.37. The van der Waals surface area contributed by atoms with Gasteiger partial charge in [0.1, 0.15) is 0 Å². The predicted molar refractivity (Wildman–Crippen MR) is 56.6 cm³/mol. The number of rotatable bonds is 0. The summed E-state index contributed by atoms with van der Waals surface area (Å²) >= 11 is 0. The first kappa shape index (κ1) is 9.51. The monoisotopic (exact) mass is 182 g/mol. The third-order valence-corrected chi connectivity index (χ3v) is 4.04. The minimum absolute atomic E-state index is 0.987. The molecular weight excluding hydrogens is 158 g/mol. The topological polar surface area (TPSA) is 0 Å². The molecule has 1 nitrogen and oxygen atoms in total. The van der Waals surface area contributed by atoms with E-state index in [1.165, 1.54) is 69.2 Å². The van der Waals surface area contributed by atoms with Gasteiger partial charge in [0.25, 0.3) is 0 Å². The van der Waals surface area contributed by atoms with Crippen molar-refractivity contribution < 1.29 is 4.48 Å². The molecule has 0 aromatic heterocycles. The standard InChI is InChI=1S/C12H24N/c1-12-7-3-6-10-13(11-12)8-4-2-5-9-13/h12H,2-11H2,1H3/q+1. The average Bonchev–Trinajstić information content (AvgIpc) is 2.29. The Balaban J connectivity index is 2.00. The molecule has 1 atom stereocenters. The molecule has 1 heteroatoms. The lowest BCUT2D eigenvalue weighted by molar-refractivity contribution is -0.934. The van der Waals surface area contributed by atoms with E-state index in [0.29, 0.717) is 0 Å². The van der Waals surface area contributed by atoms with Crippen molar-refractivity contribution in [3.05, 3.63) is 0 Å². The lowest BCUT2D eigenvalue weighted by Crippen LogP contribution is -2.53. The molecule has 0 aromatic rings. The van der Waals surface area contributed by atoms with E-state index in [0.717, 1.165) is 5.92 Å². The summed E-state index contributed by atoms with van der Waals surface area (Å²) < 4.78 is 1.49. The maximum Gasteiger partial charge on any atom is 0.0812 e. The maximum absolute atomic E-state index is 2.46. The predicted octanol–water partition coefficient (Wildman–Crippen LogP) is 2.81. The van der Waals surface area contributed by atoms with E-state index < -0.39 is 0 Å². The first-order valence-electron chi connectivity index (χ1n) is 6.16. The van der Waals surface area contributed by atoms with Gasteiger partial charge in [-0.15, -0.1) is 0 Å². The summed E-state index contributed by atoms with van der Waals surface area (Å²) in [5.74, 6) is 0.987. The molecule has 2 saturated heterocycles. The van der Waals surface area contributed by atoms with Gasteiger partial charge in [-0.25, -0.2) is 0 Å². The molecule has 1 unspecified atom stereocenters.